The summed E-state index contributed by atoms with van der Waals surface area (Å²) in [5, 5.41) is 9.68. The molecule has 2 heterocycles. The Labute approximate surface area is 222 Å². The third-order valence-corrected chi connectivity index (χ3v) is 10.3. The fraction of sp³-hybridized carbons (Fsp3) is 0. The molecule has 2 aromatic heterocycles. The largest absolute Gasteiger partial charge is 0.309 e. The van der Waals surface area contributed by atoms with Crippen LogP contribution in [-0.2, 0) is 0 Å². The molecular weight excluding hydrogens is 477 g/mol. The van der Waals surface area contributed by atoms with Gasteiger partial charge in [-0.15, -0.1) is 0 Å². The van der Waals surface area contributed by atoms with Crippen molar-refractivity contribution in [1.29, 1.82) is 0 Å². The van der Waals surface area contributed by atoms with Crippen LogP contribution in [0.2, 0.25) is 0 Å². The van der Waals surface area contributed by atoms with Crippen LogP contribution in [0.3, 0.4) is 0 Å². The molecule has 0 aliphatic rings. The Morgan fingerprint density at radius 1 is 0.421 bits per heavy atom. The molecule has 1 unspecified atom stereocenters. The van der Waals surface area contributed by atoms with E-state index in [-0.39, 0.29) is 0 Å². The topological polar surface area (TPSA) is 4.93 Å². The molecule has 1 nitrogen and oxygen atoms in total. The highest BCUT2D eigenvalue weighted by molar-refractivity contribution is 7.68. The lowest BCUT2D eigenvalue weighted by Gasteiger charge is -2.11. The van der Waals surface area contributed by atoms with E-state index in [4.69, 9.17) is 0 Å². The number of rotatable bonds is 3. The quantitative estimate of drug-likeness (QED) is 0.227. The Morgan fingerprint density at radius 3 is 1.87 bits per heavy atom. The minimum Gasteiger partial charge on any atom is -0.309 e. The monoisotopic (exact) mass is 501 g/mol. The molecule has 0 aliphatic heterocycles. The van der Waals surface area contributed by atoms with E-state index >= 15 is 0 Å². The molecule has 0 radical (unpaired) electrons. The number of aromatic nitrogens is 1. The Morgan fingerprint density at radius 2 is 1.03 bits per heavy atom. The van der Waals surface area contributed by atoms with Crippen LogP contribution >= 0.6 is 7.53 Å². The van der Waals surface area contributed by atoms with E-state index in [1.54, 1.807) is 0 Å². The Hall–Kier alpha value is -4.58. The van der Waals surface area contributed by atoms with Crippen molar-refractivity contribution in [2.24, 2.45) is 0 Å². The molecule has 0 aliphatic carbocycles. The predicted octanol–water partition coefficient (Wildman–Crippen LogP) is 10.7. The SMILES string of the molecule is c1ccc(-n2c3ccccc3c3c(-c4cccc5c6ccccc6p(-c6ccccc6)c45)cccc32)cc1. The number of benzene rings is 6. The van der Waals surface area contributed by atoms with Gasteiger partial charge in [0.1, 0.15) is 0 Å². The maximum atomic E-state index is 2.41. The zero-order valence-corrected chi connectivity index (χ0v) is 21.6. The Bertz CT molecular complexity index is 2110. The first kappa shape index (κ1) is 21.5. The molecule has 0 amide bonds. The summed E-state index contributed by atoms with van der Waals surface area (Å²) in [6, 6.07) is 53.3. The smallest absolute Gasteiger partial charge is 0.0547 e. The van der Waals surface area contributed by atoms with Gasteiger partial charge in [-0.05, 0) is 51.5 Å². The summed E-state index contributed by atoms with van der Waals surface area (Å²) in [7, 11) is -0.659. The van der Waals surface area contributed by atoms with Gasteiger partial charge in [0.15, 0.2) is 0 Å². The number of hydrogen-bond acceptors (Lipinski definition) is 0. The molecule has 8 aromatic rings. The maximum absolute atomic E-state index is 2.41. The predicted molar refractivity (Wildman–Crippen MR) is 165 cm³/mol. The van der Waals surface area contributed by atoms with E-state index in [2.05, 4.69) is 150 Å². The molecule has 0 saturated heterocycles. The van der Waals surface area contributed by atoms with E-state index in [9.17, 15) is 0 Å². The Kier molecular flexibility index (Phi) is 4.80. The highest BCUT2D eigenvalue weighted by Crippen LogP contribution is 2.58. The standard InChI is InChI=1S/C36H24NP/c1-3-13-25(14-4-1)37-32-22-9-7-18-31(32)35-28(19-12-23-33(35)37)30-21-11-20-29-27-17-8-10-24-34(27)38(36(29)30)26-15-5-2-6-16-26/h1-24H. The van der Waals surface area contributed by atoms with Crippen molar-refractivity contribution in [3.63, 3.8) is 0 Å². The number of hydrogen-bond donors (Lipinski definition) is 0. The second kappa shape index (κ2) is 8.48. The number of fused-ring (bicyclic) bond motifs is 6. The highest BCUT2D eigenvalue weighted by atomic mass is 31.1. The summed E-state index contributed by atoms with van der Waals surface area (Å²) in [4.78, 5) is 0. The molecule has 0 fully saturated rings. The first-order valence-electron chi connectivity index (χ1n) is 13.1. The van der Waals surface area contributed by atoms with Gasteiger partial charge in [0.2, 0.25) is 0 Å². The molecule has 0 saturated carbocycles. The second-order valence-corrected chi connectivity index (χ2v) is 11.9. The number of para-hydroxylation sites is 2. The van der Waals surface area contributed by atoms with Crippen molar-refractivity contribution < 1.29 is 0 Å². The van der Waals surface area contributed by atoms with E-state index in [0.29, 0.717) is 0 Å². The average molecular weight is 502 g/mol. The zero-order valence-electron chi connectivity index (χ0n) is 20.8. The molecule has 6 aromatic carbocycles. The lowest BCUT2D eigenvalue weighted by Crippen LogP contribution is -1.92. The first-order valence-corrected chi connectivity index (χ1v) is 14.4. The van der Waals surface area contributed by atoms with Gasteiger partial charge in [0.05, 0.1) is 11.0 Å². The molecule has 178 valence electrons. The summed E-state index contributed by atoms with van der Waals surface area (Å²) in [5.41, 5.74) is 6.32. The fourth-order valence-electron chi connectivity index (χ4n) is 6.18. The van der Waals surface area contributed by atoms with Crippen LogP contribution < -0.4 is 0 Å². The molecule has 38 heavy (non-hydrogen) atoms. The van der Waals surface area contributed by atoms with Crippen LogP contribution in [0.15, 0.2) is 146 Å². The maximum Gasteiger partial charge on any atom is 0.0547 e. The lowest BCUT2D eigenvalue weighted by molar-refractivity contribution is 1.18. The summed E-state index contributed by atoms with van der Waals surface area (Å²) in [5.74, 6) is 0. The molecule has 8 rings (SSSR count). The van der Waals surface area contributed by atoms with Gasteiger partial charge >= 0.3 is 0 Å². The summed E-state index contributed by atoms with van der Waals surface area (Å²) >= 11 is 0. The van der Waals surface area contributed by atoms with Crippen LogP contribution in [0.1, 0.15) is 0 Å². The van der Waals surface area contributed by atoms with Crippen LogP contribution in [0.25, 0.3) is 64.9 Å². The van der Waals surface area contributed by atoms with Crippen LogP contribution in [0, 0.1) is 0 Å². The van der Waals surface area contributed by atoms with Crippen molar-refractivity contribution in [3.8, 4) is 22.1 Å². The van der Waals surface area contributed by atoms with Gasteiger partial charge < -0.3 is 4.57 Å². The molecule has 1 atom stereocenters. The van der Waals surface area contributed by atoms with E-state index in [1.807, 2.05) is 0 Å². The normalized spacial score (nSPS) is 12.2. The van der Waals surface area contributed by atoms with Crippen LogP contribution in [0.5, 0.6) is 0 Å². The van der Waals surface area contributed by atoms with Crippen molar-refractivity contribution in [2.75, 3.05) is 0 Å². The minimum atomic E-state index is -0.659. The zero-order chi connectivity index (χ0) is 25.1. The van der Waals surface area contributed by atoms with Crippen molar-refractivity contribution >= 4 is 50.3 Å². The van der Waals surface area contributed by atoms with Gasteiger partial charge in [-0.25, -0.2) is 0 Å². The molecule has 0 spiro atoms. The third-order valence-electron chi connectivity index (χ3n) is 7.71. The molecular formula is C36H24NP. The van der Waals surface area contributed by atoms with E-state index in [1.165, 1.54) is 64.9 Å². The van der Waals surface area contributed by atoms with Crippen molar-refractivity contribution in [2.45, 2.75) is 0 Å². The lowest BCUT2D eigenvalue weighted by atomic mass is 9.98. The minimum absolute atomic E-state index is 0.659. The summed E-state index contributed by atoms with van der Waals surface area (Å²) in [6.45, 7) is 0. The second-order valence-electron chi connectivity index (χ2n) is 9.78. The summed E-state index contributed by atoms with van der Waals surface area (Å²) < 4.78 is 2.41. The van der Waals surface area contributed by atoms with Crippen LogP contribution in [0.4, 0.5) is 0 Å². The van der Waals surface area contributed by atoms with Gasteiger partial charge in [-0.1, -0.05) is 129 Å². The van der Waals surface area contributed by atoms with Crippen LogP contribution in [-0.4, -0.2) is 4.57 Å². The highest BCUT2D eigenvalue weighted by Gasteiger charge is 2.20. The fourth-order valence-corrected chi connectivity index (χ4v) is 8.97. The van der Waals surface area contributed by atoms with Crippen molar-refractivity contribution in [1.82, 2.24) is 4.57 Å². The molecule has 0 bridgehead atoms. The first-order chi connectivity index (χ1) is 18.9. The average Bonchev–Trinajstić information content (AvgIpc) is 3.51. The van der Waals surface area contributed by atoms with E-state index in [0.717, 1.165) is 0 Å². The Balaban J connectivity index is 1.55. The van der Waals surface area contributed by atoms with Crippen molar-refractivity contribution in [3.05, 3.63) is 146 Å². The van der Waals surface area contributed by atoms with Gasteiger partial charge in [-0.3, -0.25) is 0 Å². The molecule has 0 N–H and O–H groups in total. The van der Waals surface area contributed by atoms with E-state index < -0.39 is 7.53 Å². The van der Waals surface area contributed by atoms with Gasteiger partial charge in [0, 0.05) is 26.7 Å². The van der Waals surface area contributed by atoms with Gasteiger partial charge in [0.25, 0.3) is 0 Å². The third kappa shape index (κ3) is 3.06. The number of nitrogens with zero attached hydrogens (tertiary/aromatic N) is 1. The summed E-state index contributed by atoms with van der Waals surface area (Å²) in [6.07, 6.45) is 0. The molecule has 2 heteroatoms. The van der Waals surface area contributed by atoms with Gasteiger partial charge in [-0.2, -0.15) is 0 Å².